The van der Waals surface area contributed by atoms with Gasteiger partial charge in [0.1, 0.15) is 11.1 Å². The fraction of sp³-hybridized carbons (Fsp3) is 0.533. The Morgan fingerprint density at radius 1 is 1.20 bits per heavy atom. The monoisotopic (exact) mass is 549 g/mol. The van der Waals surface area contributed by atoms with Gasteiger partial charge in [-0.15, -0.1) is 0 Å². The SMILES string of the molecule is CCc1c[nH]c2ncc(-c3cc4c(c([C@@H]5COCCN5C(=O)O)c3)CN(C(=O)C(C)(O)CC(C)(C)C)CC4)nc12. The number of amides is 2. The van der Waals surface area contributed by atoms with Gasteiger partial charge in [0.05, 0.1) is 31.1 Å². The highest BCUT2D eigenvalue weighted by atomic mass is 16.5. The molecule has 2 amide bonds. The number of carbonyl (C=O) groups excluding carboxylic acids is 1. The molecule has 1 saturated heterocycles. The van der Waals surface area contributed by atoms with E-state index < -0.39 is 17.7 Å². The lowest BCUT2D eigenvalue weighted by Gasteiger charge is -2.40. The van der Waals surface area contributed by atoms with Gasteiger partial charge in [-0.1, -0.05) is 27.7 Å². The van der Waals surface area contributed by atoms with Crippen molar-refractivity contribution in [2.24, 2.45) is 5.41 Å². The molecule has 1 aromatic carbocycles. The molecule has 0 spiro atoms. The minimum atomic E-state index is -1.50. The Kier molecular flexibility index (Phi) is 7.35. The van der Waals surface area contributed by atoms with Crippen molar-refractivity contribution < 1.29 is 24.5 Å². The van der Waals surface area contributed by atoms with Crippen LogP contribution in [0.5, 0.6) is 0 Å². The zero-order valence-electron chi connectivity index (χ0n) is 24.0. The number of H-pyrrole nitrogens is 1. The third-order valence-corrected chi connectivity index (χ3v) is 7.87. The normalized spacial score (nSPS) is 19.4. The van der Waals surface area contributed by atoms with E-state index in [-0.39, 0.29) is 31.0 Å². The summed E-state index contributed by atoms with van der Waals surface area (Å²) in [4.78, 5) is 41.6. The number of nitrogens with zero attached hydrogens (tertiary/aromatic N) is 4. The van der Waals surface area contributed by atoms with E-state index in [0.717, 1.165) is 45.4 Å². The van der Waals surface area contributed by atoms with Gasteiger partial charge in [-0.05, 0) is 66.0 Å². The van der Waals surface area contributed by atoms with Gasteiger partial charge in [-0.25, -0.2) is 14.8 Å². The van der Waals surface area contributed by atoms with E-state index in [4.69, 9.17) is 9.72 Å². The molecule has 5 rings (SSSR count). The smallest absolute Gasteiger partial charge is 0.407 e. The van der Waals surface area contributed by atoms with Crippen LogP contribution in [0.2, 0.25) is 0 Å². The summed E-state index contributed by atoms with van der Waals surface area (Å²) in [6.07, 6.45) is 4.38. The number of aromatic nitrogens is 3. The van der Waals surface area contributed by atoms with Gasteiger partial charge in [0.2, 0.25) is 0 Å². The number of carbonyl (C=O) groups is 2. The van der Waals surface area contributed by atoms with Crippen LogP contribution < -0.4 is 0 Å². The first kappa shape index (κ1) is 28.0. The van der Waals surface area contributed by atoms with Gasteiger partial charge >= 0.3 is 6.09 Å². The highest BCUT2D eigenvalue weighted by Crippen LogP contribution is 2.37. The van der Waals surface area contributed by atoms with Crippen LogP contribution in [0, 0.1) is 5.41 Å². The molecule has 10 heteroatoms. The molecule has 40 heavy (non-hydrogen) atoms. The molecule has 3 N–H and O–H groups in total. The first-order chi connectivity index (χ1) is 18.9. The molecule has 0 bridgehead atoms. The quantitative estimate of drug-likeness (QED) is 0.432. The molecule has 1 fully saturated rings. The lowest BCUT2D eigenvalue weighted by atomic mass is 9.81. The van der Waals surface area contributed by atoms with Crippen LogP contribution in [0.25, 0.3) is 22.4 Å². The molecule has 1 unspecified atom stereocenters. The summed E-state index contributed by atoms with van der Waals surface area (Å²) in [7, 11) is 0. The highest BCUT2D eigenvalue weighted by Gasteiger charge is 2.40. The number of fused-ring (bicyclic) bond motifs is 2. The second-order valence-corrected chi connectivity index (χ2v) is 12.4. The molecule has 214 valence electrons. The summed E-state index contributed by atoms with van der Waals surface area (Å²) in [5.41, 5.74) is 5.20. The maximum Gasteiger partial charge on any atom is 0.407 e. The van der Waals surface area contributed by atoms with Crippen LogP contribution >= 0.6 is 0 Å². The molecule has 2 aliphatic heterocycles. The van der Waals surface area contributed by atoms with Gasteiger partial charge in [0, 0.05) is 31.4 Å². The molecule has 2 aromatic heterocycles. The molecule has 10 nitrogen and oxygen atoms in total. The summed E-state index contributed by atoms with van der Waals surface area (Å²) < 4.78 is 5.76. The van der Waals surface area contributed by atoms with Gasteiger partial charge in [-0.2, -0.15) is 0 Å². The first-order valence-electron chi connectivity index (χ1n) is 14.0. The van der Waals surface area contributed by atoms with Crippen molar-refractivity contribution in [3.8, 4) is 11.3 Å². The fourth-order valence-corrected chi connectivity index (χ4v) is 6.21. The molecule has 0 radical (unpaired) electrons. The van der Waals surface area contributed by atoms with Crippen LogP contribution in [-0.2, 0) is 28.9 Å². The van der Waals surface area contributed by atoms with E-state index in [1.54, 1.807) is 18.0 Å². The number of hydrogen-bond acceptors (Lipinski definition) is 6. The van der Waals surface area contributed by atoms with Crippen molar-refractivity contribution in [3.63, 3.8) is 0 Å². The highest BCUT2D eigenvalue weighted by molar-refractivity contribution is 5.85. The van der Waals surface area contributed by atoms with Crippen LogP contribution in [0.4, 0.5) is 4.79 Å². The summed E-state index contributed by atoms with van der Waals surface area (Å²) in [6, 6.07) is 3.53. The third-order valence-electron chi connectivity index (χ3n) is 7.87. The van der Waals surface area contributed by atoms with Crippen LogP contribution in [-0.4, -0.2) is 78.9 Å². The minimum absolute atomic E-state index is 0.223. The van der Waals surface area contributed by atoms with Gasteiger partial charge < -0.3 is 24.8 Å². The average Bonchev–Trinajstić information content (AvgIpc) is 3.32. The number of benzene rings is 1. The average molecular weight is 550 g/mol. The summed E-state index contributed by atoms with van der Waals surface area (Å²) in [5, 5.41) is 21.2. The number of aliphatic hydroxyl groups is 1. The predicted octanol–water partition coefficient (Wildman–Crippen LogP) is 4.31. The Hall–Kier alpha value is -3.50. The van der Waals surface area contributed by atoms with Crippen LogP contribution in [0.15, 0.2) is 24.5 Å². The van der Waals surface area contributed by atoms with Crippen LogP contribution in [0.1, 0.15) is 69.3 Å². The summed E-state index contributed by atoms with van der Waals surface area (Å²) in [5.74, 6) is -0.311. The van der Waals surface area contributed by atoms with Crippen molar-refractivity contribution in [3.05, 3.63) is 46.8 Å². The Labute approximate surface area is 234 Å². The molecular weight excluding hydrogens is 510 g/mol. The third kappa shape index (κ3) is 5.42. The largest absolute Gasteiger partial charge is 0.465 e. The zero-order chi connectivity index (χ0) is 28.8. The van der Waals surface area contributed by atoms with Crippen molar-refractivity contribution in [2.45, 2.75) is 72.1 Å². The number of morpholine rings is 1. The van der Waals surface area contributed by atoms with Crippen molar-refractivity contribution in [1.82, 2.24) is 24.8 Å². The molecule has 2 aliphatic rings. The minimum Gasteiger partial charge on any atom is -0.465 e. The number of aryl methyl sites for hydroxylation is 1. The number of aromatic amines is 1. The van der Waals surface area contributed by atoms with Gasteiger partial charge in [0.15, 0.2) is 5.65 Å². The van der Waals surface area contributed by atoms with Crippen LogP contribution in [0.3, 0.4) is 0 Å². The molecule has 4 heterocycles. The van der Waals surface area contributed by atoms with E-state index in [1.807, 2.05) is 33.0 Å². The molecular formula is C30H39N5O5. The lowest BCUT2D eigenvalue weighted by molar-refractivity contribution is -0.153. The van der Waals surface area contributed by atoms with E-state index in [0.29, 0.717) is 31.7 Å². The zero-order valence-corrected chi connectivity index (χ0v) is 24.0. The summed E-state index contributed by atoms with van der Waals surface area (Å²) >= 11 is 0. The first-order valence-corrected chi connectivity index (χ1v) is 14.0. The molecule has 2 atom stereocenters. The predicted molar refractivity (Wildman–Crippen MR) is 151 cm³/mol. The number of nitrogens with one attached hydrogen (secondary N) is 1. The second-order valence-electron chi connectivity index (χ2n) is 12.4. The number of hydrogen-bond donors (Lipinski definition) is 3. The lowest BCUT2D eigenvalue weighted by Crippen LogP contribution is -2.50. The number of carboxylic acid groups (broad SMARTS) is 1. The number of ether oxygens (including phenoxy) is 1. The summed E-state index contributed by atoms with van der Waals surface area (Å²) in [6.45, 7) is 11.2. The maximum atomic E-state index is 13.5. The van der Waals surface area contributed by atoms with E-state index >= 15 is 0 Å². The van der Waals surface area contributed by atoms with E-state index in [9.17, 15) is 19.8 Å². The molecule has 3 aromatic rings. The molecule has 0 saturated carbocycles. The Bertz CT molecular complexity index is 1440. The second kappa shape index (κ2) is 10.5. The van der Waals surface area contributed by atoms with Crippen molar-refractivity contribution >= 4 is 23.2 Å². The Morgan fingerprint density at radius 2 is 1.98 bits per heavy atom. The topological polar surface area (TPSA) is 132 Å². The van der Waals surface area contributed by atoms with E-state index in [2.05, 4.69) is 23.0 Å². The fourth-order valence-electron chi connectivity index (χ4n) is 6.21. The van der Waals surface area contributed by atoms with Gasteiger partial charge in [0.25, 0.3) is 5.91 Å². The maximum absolute atomic E-state index is 13.5. The van der Waals surface area contributed by atoms with Gasteiger partial charge in [-0.3, -0.25) is 9.69 Å². The Morgan fingerprint density at radius 3 is 2.67 bits per heavy atom. The Balaban J connectivity index is 1.58. The standard InChI is InChI=1S/C30H39N5O5/c1-6-18-13-31-26-25(18)33-23(14-32-26)20-11-19-7-8-34(27(36)30(5,39)17-29(2,3)4)15-22(19)21(12-20)24-16-40-10-9-35(24)28(37)38/h11-14,24,39H,6-10,15-17H2,1-5H3,(H,31,32)(H,37,38)/t24-,30?/m0/s1. The number of rotatable bonds is 5. The molecule has 0 aliphatic carbocycles. The van der Waals surface area contributed by atoms with E-state index in [1.165, 1.54) is 4.90 Å². The van der Waals surface area contributed by atoms with Crippen molar-refractivity contribution in [2.75, 3.05) is 26.3 Å². The van der Waals surface area contributed by atoms with Crippen molar-refractivity contribution in [1.29, 1.82) is 0 Å².